The predicted octanol–water partition coefficient (Wildman–Crippen LogP) is 1.41. The molecule has 1 aromatic rings. The van der Waals surface area contributed by atoms with Crippen LogP contribution in [-0.2, 0) is 0 Å². The number of aromatic hydroxyl groups is 1. The van der Waals surface area contributed by atoms with Crippen LogP contribution in [-0.4, -0.2) is 29.6 Å². The number of rotatable bonds is 0. The molecule has 2 unspecified atom stereocenters. The molecule has 0 aliphatic carbocycles. The Hall–Kier alpha value is -1.06. The molecule has 0 radical (unpaired) electrons. The SMILES string of the molecule is CC1c2c(O)cccc2C2CNCCN12. The summed E-state index contributed by atoms with van der Waals surface area (Å²) in [5.74, 6) is 0.453. The van der Waals surface area contributed by atoms with E-state index in [0.717, 1.165) is 25.2 Å². The fourth-order valence-electron chi connectivity index (χ4n) is 2.95. The monoisotopic (exact) mass is 204 g/mol. The van der Waals surface area contributed by atoms with E-state index in [1.54, 1.807) is 6.07 Å². The molecule has 2 aliphatic rings. The van der Waals surface area contributed by atoms with Crippen molar-refractivity contribution < 1.29 is 5.11 Å². The molecule has 2 aliphatic heterocycles. The maximum atomic E-state index is 9.90. The lowest BCUT2D eigenvalue weighted by Crippen LogP contribution is -2.43. The topological polar surface area (TPSA) is 35.5 Å². The zero-order chi connectivity index (χ0) is 10.4. The number of hydrogen-bond acceptors (Lipinski definition) is 3. The van der Waals surface area contributed by atoms with Gasteiger partial charge in [0.15, 0.2) is 0 Å². The van der Waals surface area contributed by atoms with E-state index in [-0.39, 0.29) is 0 Å². The molecule has 0 amide bonds. The molecule has 2 atom stereocenters. The highest BCUT2D eigenvalue weighted by Gasteiger charge is 2.38. The van der Waals surface area contributed by atoms with Crippen molar-refractivity contribution in [3.63, 3.8) is 0 Å². The van der Waals surface area contributed by atoms with Gasteiger partial charge in [-0.15, -0.1) is 0 Å². The van der Waals surface area contributed by atoms with Gasteiger partial charge in [-0.1, -0.05) is 12.1 Å². The van der Waals surface area contributed by atoms with Gasteiger partial charge in [-0.25, -0.2) is 0 Å². The smallest absolute Gasteiger partial charge is 0.120 e. The summed E-state index contributed by atoms with van der Waals surface area (Å²) >= 11 is 0. The van der Waals surface area contributed by atoms with E-state index in [0.29, 0.717) is 17.8 Å². The number of phenolic OH excluding ortho intramolecular Hbond substituents is 1. The van der Waals surface area contributed by atoms with Crippen LogP contribution in [0.2, 0.25) is 0 Å². The second-order valence-corrected chi connectivity index (χ2v) is 4.41. The Kier molecular flexibility index (Phi) is 1.97. The third-order valence-corrected chi connectivity index (χ3v) is 3.68. The van der Waals surface area contributed by atoms with Crippen LogP contribution >= 0.6 is 0 Å². The van der Waals surface area contributed by atoms with Crippen LogP contribution in [0.3, 0.4) is 0 Å². The van der Waals surface area contributed by atoms with Crippen LogP contribution in [0.25, 0.3) is 0 Å². The second kappa shape index (κ2) is 3.22. The quantitative estimate of drug-likeness (QED) is 0.670. The Morgan fingerprint density at radius 3 is 3.20 bits per heavy atom. The molecular formula is C12H16N2O. The zero-order valence-electron chi connectivity index (χ0n) is 8.90. The molecule has 0 bridgehead atoms. The van der Waals surface area contributed by atoms with Gasteiger partial charge >= 0.3 is 0 Å². The summed E-state index contributed by atoms with van der Waals surface area (Å²) in [5, 5.41) is 13.3. The van der Waals surface area contributed by atoms with Gasteiger partial charge in [-0.05, 0) is 18.6 Å². The summed E-state index contributed by atoms with van der Waals surface area (Å²) in [6.45, 7) is 5.31. The van der Waals surface area contributed by atoms with Gasteiger partial charge in [-0.2, -0.15) is 0 Å². The van der Waals surface area contributed by atoms with Crippen molar-refractivity contribution in [1.29, 1.82) is 0 Å². The van der Waals surface area contributed by atoms with E-state index < -0.39 is 0 Å². The molecule has 2 N–H and O–H groups in total. The van der Waals surface area contributed by atoms with Crippen LogP contribution < -0.4 is 5.32 Å². The molecule has 0 spiro atoms. The average Bonchev–Trinajstić information content (AvgIpc) is 2.55. The van der Waals surface area contributed by atoms with E-state index in [9.17, 15) is 5.11 Å². The van der Waals surface area contributed by atoms with Crippen LogP contribution in [0.5, 0.6) is 5.75 Å². The molecule has 1 aromatic carbocycles. The van der Waals surface area contributed by atoms with Gasteiger partial charge in [0.1, 0.15) is 5.75 Å². The zero-order valence-corrected chi connectivity index (χ0v) is 8.90. The third kappa shape index (κ3) is 1.20. The predicted molar refractivity (Wildman–Crippen MR) is 58.8 cm³/mol. The number of phenols is 1. The normalized spacial score (nSPS) is 29.9. The molecule has 2 heterocycles. The molecule has 1 fully saturated rings. The Balaban J connectivity index is 2.11. The Morgan fingerprint density at radius 1 is 1.47 bits per heavy atom. The minimum Gasteiger partial charge on any atom is -0.508 e. The van der Waals surface area contributed by atoms with Gasteiger partial charge in [0.2, 0.25) is 0 Å². The first-order valence-electron chi connectivity index (χ1n) is 5.57. The molecule has 15 heavy (non-hydrogen) atoms. The lowest BCUT2D eigenvalue weighted by molar-refractivity contribution is 0.140. The molecular weight excluding hydrogens is 188 g/mol. The number of hydrogen-bond donors (Lipinski definition) is 2. The summed E-state index contributed by atoms with van der Waals surface area (Å²) < 4.78 is 0. The third-order valence-electron chi connectivity index (χ3n) is 3.68. The van der Waals surface area contributed by atoms with E-state index in [1.807, 2.05) is 6.07 Å². The number of piperazine rings is 1. The highest BCUT2D eigenvalue weighted by atomic mass is 16.3. The molecule has 3 rings (SSSR count). The van der Waals surface area contributed by atoms with Crippen LogP contribution in [0.1, 0.15) is 30.1 Å². The minimum absolute atomic E-state index is 0.355. The van der Waals surface area contributed by atoms with Gasteiger partial charge in [0, 0.05) is 37.3 Å². The van der Waals surface area contributed by atoms with Crippen LogP contribution in [0.4, 0.5) is 0 Å². The van der Waals surface area contributed by atoms with Crippen LogP contribution in [0.15, 0.2) is 18.2 Å². The number of fused-ring (bicyclic) bond motifs is 3. The summed E-state index contributed by atoms with van der Waals surface area (Å²) in [6.07, 6.45) is 0. The van der Waals surface area contributed by atoms with Crippen LogP contribution in [0, 0.1) is 0 Å². The minimum atomic E-state index is 0.355. The van der Waals surface area contributed by atoms with E-state index >= 15 is 0 Å². The number of nitrogens with zero attached hydrogens (tertiary/aromatic N) is 1. The highest BCUT2D eigenvalue weighted by molar-refractivity contribution is 5.46. The van der Waals surface area contributed by atoms with E-state index in [1.165, 1.54) is 5.56 Å². The Morgan fingerprint density at radius 2 is 2.33 bits per heavy atom. The molecule has 0 aromatic heterocycles. The lowest BCUT2D eigenvalue weighted by Gasteiger charge is -2.33. The first-order chi connectivity index (χ1) is 7.29. The second-order valence-electron chi connectivity index (χ2n) is 4.41. The van der Waals surface area contributed by atoms with E-state index in [2.05, 4.69) is 23.2 Å². The number of nitrogens with one attached hydrogen (secondary N) is 1. The maximum absolute atomic E-state index is 9.90. The Labute approximate surface area is 89.7 Å². The van der Waals surface area contributed by atoms with Crippen molar-refractivity contribution in [1.82, 2.24) is 10.2 Å². The summed E-state index contributed by atoms with van der Waals surface area (Å²) in [6, 6.07) is 6.69. The van der Waals surface area contributed by atoms with Crippen molar-refractivity contribution in [3.8, 4) is 5.75 Å². The van der Waals surface area contributed by atoms with Gasteiger partial charge < -0.3 is 10.4 Å². The lowest BCUT2D eigenvalue weighted by atomic mass is 10.0. The highest BCUT2D eigenvalue weighted by Crippen LogP contribution is 2.45. The van der Waals surface area contributed by atoms with Gasteiger partial charge in [0.05, 0.1) is 0 Å². The van der Waals surface area contributed by atoms with Crippen molar-refractivity contribution in [2.45, 2.75) is 19.0 Å². The fraction of sp³-hybridized carbons (Fsp3) is 0.500. The molecule has 0 saturated carbocycles. The standard InChI is InChI=1S/C12H16N2O/c1-8-12-9(3-2-4-11(12)15)10-7-13-5-6-14(8)10/h2-4,8,10,13,15H,5-7H2,1H3. The first-order valence-corrected chi connectivity index (χ1v) is 5.57. The van der Waals surface area contributed by atoms with Crippen molar-refractivity contribution in [2.24, 2.45) is 0 Å². The Bertz CT molecular complexity index is 391. The largest absolute Gasteiger partial charge is 0.508 e. The maximum Gasteiger partial charge on any atom is 0.120 e. The summed E-state index contributed by atoms with van der Waals surface area (Å²) in [4.78, 5) is 2.47. The average molecular weight is 204 g/mol. The fourth-order valence-corrected chi connectivity index (χ4v) is 2.95. The molecule has 80 valence electrons. The summed E-state index contributed by atoms with van der Waals surface area (Å²) in [7, 11) is 0. The van der Waals surface area contributed by atoms with Gasteiger partial charge in [-0.3, -0.25) is 4.90 Å². The molecule has 3 nitrogen and oxygen atoms in total. The van der Waals surface area contributed by atoms with Crippen molar-refractivity contribution in [3.05, 3.63) is 29.3 Å². The summed E-state index contributed by atoms with van der Waals surface area (Å²) in [5.41, 5.74) is 2.43. The van der Waals surface area contributed by atoms with Crippen molar-refractivity contribution >= 4 is 0 Å². The first kappa shape index (κ1) is 9.19. The van der Waals surface area contributed by atoms with E-state index in [4.69, 9.17) is 0 Å². The number of benzene rings is 1. The van der Waals surface area contributed by atoms with Crippen molar-refractivity contribution in [2.75, 3.05) is 19.6 Å². The molecule has 1 saturated heterocycles. The van der Waals surface area contributed by atoms with Gasteiger partial charge in [0.25, 0.3) is 0 Å². The molecule has 3 heteroatoms.